The minimum absolute atomic E-state index is 0.427. The number of aryl methyl sites for hydroxylation is 2. The summed E-state index contributed by atoms with van der Waals surface area (Å²) in [5.41, 5.74) is 4.57. The van der Waals surface area contributed by atoms with Gasteiger partial charge in [-0.1, -0.05) is 25.1 Å². The molecule has 0 saturated heterocycles. The van der Waals surface area contributed by atoms with Gasteiger partial charge in [-0.3, -0.25) is 0 Å². The molecule has 0 aliphatic heterocycles. The molecule has 1 heterocycles. The van der Waals surface area contributed by atoms with Gasteiger partial charge in [0, 0.05) is 27.2 Å². The predicted molar refractivity (Wildman–Crippen MR) is 90.6 cm³/mol. The largest absolute Gasteiger partial charge is 0.310 e. The summed E-state index contributed by atoms with van der Waals surface area (Å²) >= 11 is 5.38. The molecule has 1 aromatic heterocycles. The summed E-state index contributed by atoms with van der Waals surface area (Å²) in [7, 11) is 0. The highest BCUT2D eigenvalue weighted by molar-refractivity contribution is 9.10. The molecule has 0 amide bonds. The van der Waals surface area contributed by atoms with Crippen LogP contribution in [0.15, 0.2) is 34.1 Å². The molecular weight excluding hydrogens is 330 g/mol. The second-order valence-electron chi connectivity index (χ2n) is 5.43. The van der Waals surface area contributed by atoms with Crippen LogP contribution in [0.5, 0.6) is 0 Å². The molecule has 1 N–H and O–H groups in total. The molecule has 3 heteroatoms. The highest BCUT2D eigenvalue weighted by atomic mass is 79.9. The molecule has 0 saturated carbocycles. The number of thiophene rings is 1. The minimum atomic E-state index is 0.427. The first kappa shape index (κ1) is 14.3. The van der Waals surface area contributed by atoms with Crippen molar-refractivity contribution in [3.8, 4) is 0 Å². The first-order valence-corrected chi connectivity index (χ1v) is 9.01. The Bertz CT molecular complexity index is 590. The van der Waals surface area contributed by atoms with Crippen LogP contribution in [0, 0.1) is 0 Å². The monoisotopic (exact) mass is 349 g/mol. The first-order valence-electron chi connectivity index (χ1n) is 7.34. The number of benzene rings is 1. The molecule has 1 aliphatic rings. The molecule has 1 aromatic carbocycles. The number of rotatable bonds is 5. The Hall–Kier alpha value is -0.640. The van der Waals surface area contributed by atoms with E-state index < -0.39 is 0 Å². The Morgan fingerprint density at radius 2 is 2.10 bits per heavy atom. The van der Waals surface area contributed by atoms with Crippen molar-refractivity contribution in [2.75, 3.05) is 6.54 Å². The number of fused-ring (bicyclic) bond motifs is 1. The first-order chi connectivity index (χ1) is 9.76. The summed E-state index contributed by atoms with van der Waals surface area (Å²) in [6, 6.07) is 9.75. The third kappa shape index (κ3) is 3.16. The van der Waals surface area contributed by atoms with Crippen molar-refractivity contribution in [3.05, 3.63) is 55.7 Å². The van der Waals surface area contributed by atoms with Crippen LogP contribution < -0.4 is 5.32 Å². The molecule has 3 rings (SSSR count). The van der Waals surface area contributed by atoms with Crippen molar-refractivity contribution in [1.29, 1.82) is 0 Å². The molecular formula is C17H20BrNS. The van der Waals surface area contributed by atoms with Gasteiger partial charge < -0.3 is 5.32 Å². The van der Waals surface area contributed by atoms with Crippen molar-refractivity contribution in [2.24, 2.45) is 0 Å². The molecule has 1 aliphatic carbocycles. The van der Waals surface area contributed by atoms with E-state index in [1.807, 2.05) is 11.3 Å². The fourth-order valence-electron chi connectivity index (χ4n) is 3.02. The van der Waals surface area contributed by atoms with Gasteiger partial charge in [0.2, 0.25) is 0 Å². The Morgan fingerprint density at radius 3 is 2.85 bits per heavy atom. The highest BCUT2D eigenvalue weighted by Crippen LogP contribution is 2.29. The van der Waals surface area contributed by atoms with Crippen LogP contribution in [0.3, 0.4) is 0 Å². The van der Waals surface area contributed by atoms with E-state index in [4.69, 9.17) is 0 Å². The van der Waals surface area contributed by atoms with E-state index in [1.165, 1.54) is 34.2 Å². The number of hydrogen-bond donors (Lipinski definition) is 1. The van der Waals surface area contributed by atoms with Gasteiger partial charge >= 0.3 is 0 Å². The van der Waals surface area contributed by atoms with Gasteiger partial charge in [-0.2, -0.15) is 0 Å². The molecule has 20 heavy (non-hydrogen) atoms. The van der Waals surface area contributed by atoms with Crippen molar-refractivity contribution in [2.45, 2.75) is 38.6 Å². The van der Waals surface area contributed by atoms with E-state index >= 15 is 0 Å². The van der Waals surface area contributed by atoms with Gasteiger partial charge in [-0.15, -0.1) is 11.3 Å². The fraction of sp³-hybridized carbons (Fsp3) is 0.412. The minimum Gasteiger partial charge on any atom is -0.310 e. The third-order valence-electron chi connectivity index (χ3n) is 4.00. The molecule has 0 radical (unpaired) electrons. The Labute approximate surface area is 133 Å². The highest BCUT2D eigenvalue weighted by Gasteiger charge is 2.16. The summed E-state index contributed by atoms with van der Waals surface area (Å²) in [6.45, 7) is 3.19. The fourth-order valence-corrected chi connectivity index (χ4v) is 4.52. The summed E-state index contributed by atoms with van der Waals surface area (Å²) in [6.07, 6.45) is 4.91. The molecule has 1 atom stereocenters. The molecule has 0 bridgehead atoms. The average Bonchev–Trinajstić information content (AvgIpc) is 3.06. The molecule has 1 unspecified atom stereocenters. The lowest BCUT2D eigenvalue weighted by Crippen LogP contribution is -2.22. The summed E-state index contributed by atoms with van der Waals surface area (Å²) in [5, 5.41) is 5.81. The van der Waals surface area contributed by atoms with Crippen LogP contribution in [0.25, 0.3) is 0 Å². The summed E-state index contributed by atoms with van der Waals surface area (Å²) in [5.74, 6) is 0. The molecule has 2 aromatic rings. The second kappa shape index (κ2) is 6.42. The zero-order valence-electron chi connectivity index (χ0n) is 11.8. The topological polar surface area (TPSA) is 12.0 Å². The number of likely N-dealkylation sites (N-methyl/N-ethyl adjacent to an activating group) is 1. The molecule has 1 nitrogen and oxygen atoms in total. The zero-order valence-corrected chi connectivity index (χ0v) is 14.2. The Morgan fingerprint density at radius 1 is 1.25 bits per heavy atom. The van der Waals surface area contributed by atoms with E-state index in [-0.39, 0.29) is 0 Å². The van der Waals surface area contributed by atoms with Gasteiger partial charge in [0.05, 0.1) is 0 Å². The van der Waals surface area contributed by atoms with E-state index in [0.29, 0.717) is 6.04 Å². The lowest BCUT2D eigenvalue weighted by atomic mass is 9.98. The quantitative estimate of drug-likeness (QED) is 0.809. The number of hydrogen-bond acceptors (Lipinski definition) is 2. The Kier molecular flexibility index (Phi) is 4.59. The van der Waals surface area contributed by atoms with Gasteiger partial charge in [-0.05, 0) is 64.5 Å². The van der Waals surface area contributed by atoms with Crippen LogP contribution in [-0.2, 0) is 19.3 Å². The van der Waals surface area contributed by atoms with Gasteiger partial charge in [0.15, 0.2) is 0 Å². The van der Waals surface area contributed by atoms with E-state index in [1.54, 1.807) is 11.1 Å². The van der Waals surface area contributed by atoms with Gasteiger partial charge in [0.1, 0.15) is 0 Å². The normalized spacial score (nSPS) is 15.3. The molecule has 106 valence electrons. The van der Waals surface area contributed by atoms with E-state index in [0.717, 1.165) is 13.0 Å². The third-order valence-corrected chi connectivity index (χ3v) is 5.72. The average molecular weight is 350 g/mol. The lowest BCUT2D eigenvalue weighted by Gasteiger charge is -2.18. The maximum Gasteiger partial charge on any atom is 0.0368 e. The van der Waals surface area contributed by atoms with E-state index in [9.17, 15) is 0 Å². The van der Waals surface area contributed by atoms with Crippen LogP contribution in [-0.4, -0.2) is 6.54 Å². The maximum atomic E-state index is 3.64. The van der Waals surface area contributed by atoms with Crippen molar-refractivity contribution in [3.63, 3.8) is 0 Å². The standard InChI is InChI=1S/C17H20BrNS/c1-2-19-17(10-16-9-15(18)11-20-16)14-7-6-12-4-3-5-13(12)8-14/h6-9,11,17,19H,2-5,10H2,1H3. The maximum absolute atomic E-state index is 3.64. The summed E-state index contributed by atoms with van der Waals surface area (Å²) in [4.78, 5) is 1.43. The zero-order chi connectivity index (χ0) is 13.9. The lowest BCUT2D eigenvalue weighted by molar-refractivity contribution is 0.553. The summed E-state index contributed by atoms with van der Waals surface area (Å²) < 4.78 is 1.20. The van der Waals surface area contributed by atoms with Crippen LogP contribution in [0.1, 0.15) is 41.0 Å². The number of halogens is 1. The van der Waals surface area contributed by atoms with Crippen molar-refractivity contribution in [1.82, 2.24) is 5.32 Å². The van der Waals surface area contributed by atoms with Gasteiger partial charge in [0.25, 0.3) is 0 Å². The van der Waals surface area contributed by atoms with Crippen LogP contribution in [0.2, 0.25) is 0 Å². The van der Waals surface area contributed by atoms with Gasteiger partial charge in [-0.25, -0.2) is 0 Å². The van der Waals surface area contributed by atoms with E-state index in [2.05, 4.69) is 57.8 Å². The van der Waals surface area contributed by atoms with Crippen molar-refractivity contribution < 1.29 is 0 Å². The molecule has 0 fully saturated rings. The second-order valence-corrected chi connectivity index (χ2v) is 7.34. The van der Waals surface area contributed by atoms with Crippen molar-refractivity contribution >= 4 is 27.3 Å². The van der Waals surface area contributed by atoms with Crippen LogP contribution >= 0.6 is 27.3 Å². The number of nitrogens with one attached hydrogen (secondary N) is 1. The smallest absolute Gasteiger partial charge is 0.0368 e. The predicted octanol–water partition coefficient (Wildman–Crippen LogP) is 4.89. The Balaban J connectivity index is 1.82. The van der Waals surface area contributed by atoms with Crippen LogP contribution in [0.4, 0.5) is 0 Å². The SMILES string of the molecule is CCNC(Cc1cc(Br)cs1)c1ccc2c(c1)CCC2. The molecule has 0 spiro atoms.